The minimum Gasteiger partial charge on any atom is -0.490 e. The molecule has 3 nitrogen and oxygen atoms in total. The molecule has 0 saturated carbocycles. The van der Waals surface area contributed by atoms with E-state index in [0.29, 0.717) is 33.7 Å². The van der Waals surface area contributed by atoms with E-state index in [4.69, 9.17) is 51.1 Å². The van der Waals surface area contributed by atoms with E-state index in [9.17, 15) is 4.79 Å². The quantitative estimate of drug-likeness (QED) is 0.644. The second-order valence-corrected chi connectivity index (χ2v) is 6.35. The van der Waals surface area contributed by atoms with Gasteiger partial charge in [-0.05, 0) is 36.8 Å². The molecule has 2 rings (SSSR count). The van der Waals surface area contributed by atoms with Crippen LogP contribution in [0.15, 0.2) is 30.3 Å². The molecule has 7 heteroatoms. The van der Waals surface area contributed by atoms with Gasteiger partial charge in [0.2, 0.25) is 0 Å². The third-order valence-corrected chi connectivity index (χ3v) is 4.01. The number of hydrogen-bond donors (Lipinski definition) is 1. The summed E-state index contributed by atoms with van der Waals surface area (Å²) in [5, 5.41) is 4.05. The van der Waals surface area contributed by atoms with Gasteiger partial charge >= 0.3 is 0 Å². The number of nitrogens with one attached hydrogen (secondary N) is 1. The number of anilines is 1. The highest BCUT2D eigenvalue weighted by Gasteiger charge is 2.15. The number of hydrogen-bond acceptors (Lipinski definition) is 2. The third-order valence-electron chi connectivity index (χ3n) is 2.89. The van der Waals surface area contributed by atoms with Gasteiger partial charge in [0.15, 0.2) is 5.75 Å². The fraction of sp³-hybridized carbons (Fsp3) is 0.188. The predicted molar refractivity (Wildman–Crippen MR) is 96.7 cm³/mol. The molecule has 0 saturated heterocycles. The lowest BCUT2D eigenvalue weighted by atomic mass is 10.2. The van der Waals surface area contributed by atoms with Crippen LogP contribution < -0.4 is 10.1 Å². The molecule has 0 bridgehead atoms. The van der Waals surface area contributed by atoms with Crippen molar-refractivity contribution in [2.24, 2.45) is 0 Å². The largest absolute Gasteiger partial charge is 0.490 e. The molecule has 0 fully saturated rings. The van der Waals surface area contributed by atoms with Crippen molar-refractivity contribution < 1.29 is 9.53 Å². The molecule has 1 amide bonds. The van der Waals surface area contributed by atoms with Gasteiger partial charge in [-0.15, -0.1) is 0 Å². The zero-order valence-corrected chi connectivity index (χ0v) is 15.2. The minimum atomic E-state index is -0.403. The number of amides is 1. The normalized spacial score (nSPS) is 10.5. The first-order valence-corrected chi connectivity index (χ1v) is 8.31. The van der Waals surface area contributed by atoms with Gasteiger partial charge in [-0.1, -0.05) is 53.3 Å². The maximum Gasteiger partial charge on any atom is 0.255 e. The van der Waals surface area contributed by atoms with Crippen molar-refractivity contribution >= 4 is 58.0 Å². The van der Waals surface area contributed by atoms with Crippen molar-refractivity contribution in [3.8, 4) is 5.75 Å². The van der Waals surface area contributed by atoms with Crippen LogP contribution >= 0.6 is 46.4 Å². The number of ether oxygens (including phenoxy) is 1. The molecule has 2 aromatic carbocycles. The highest BCUT2D eigenvalue weighted by Crippen LogP contribution is 2.35. The summed E-state index contributed by atoms with van der Waals surface area (Å²) in [5.41, 5.74) is 0.697. The summed E-state index contributed by atoms with van der Waals surface area (Å²) in [4.78, 5) is 12.3. The van der Waals surface area contributed by atoms with Crippen molar-refractivity contribution in [2.45, 2.75) is 13.3 Å². The van der Waals surface area contributed by atoms with Gasteiger partial charge in [-0.25, -0.2) is 0 Å². The Balaban J connectivity index is 2.24. The molecule has 0 spiro atoms. The van der Waals surface area contributed by atoms with Gasteiger partial charge < -0.3 is 10.1 Å². The molecule has 0 aliphatic rings. The van der Waals surface area contributed by atoms with Crippen LogP contribution in [0.4, 0.5) is 5.69 Å². The first-order valence-electron chi connectivity index (χ1n) is 6.80. The number of carbonyl (C=O) groups excluding carboxylic acids is 1. The van der Waals surface area contributed by atoms with Crippen molar-refractivity contribution in [3.05, 3.63) is 56.0 Å². The standard InChI is InChI=1S/C16H13Cl4NO2/c1-2-5-23-15-12(19)6-9(7-13(15)20)16(22)21-14-8-10(17)3-4-11(14)18/h3-4,6-8H,2,5H2,1H3,(H,21,22). The van der Waals surface area contributed by atoms with Crippen molar-refractivity contribution in [1.82, 2.24) is 0 Å². The van der Waals surface area contributed by atoms with E-state index in [0.717, 1.165) is 6.42 Å². The fourth-order valence-corrected chi connectivity index (χ4v) is 2.75. The van der Waals surface area contributed by atoms with E-state index in [1.54, 1.807) is 18.2 Å². The Morgan fingerprint density at radius 3 is 2.30 bits per heavy atom. The molecule has 0 unspecified atom stereocenters. The van der Waals surface area contributed by atoms with Crippen molar-refractivity contribution in [2.75, 3.05) is 11.9 Å². The zero-order valence-electron chi connectivity index (χ0n) is 12.1. The van der Waals surface area contributed by atoms with E-state index >= 15 is 0 Å². The summed E-state index contributed by atoms with van der Waals surface area (Å²) in [7, 11) is 0. The van der Waals surface area contributed by atoms with Crippen molar-refractivity contribution in [3.63, 3.8) is 0 Å². The van der Waals surface area contributed by atoms with Crippen molar-refractivity contribution in [1.29, 1.82) is 0 Å². The number of rotatable bonds is 5. The first-order chi connectivity index (χ1) is 10.9. The lowest BCUT2D eigenvalue weighted by molar-refractivity contribution is 0.102. The SMILES string of the molecule is CCCOc1c(Cl)cc(C(=O)Nc2cc(Cl)ccc2Cl)cc1Cl. The Labute approximate surface area is 154 Å². The van der Waals surface area contributed by atoms with E-state index in [1.165, 1.54) is 12.1 Å². The molecule has 1 N–H and O–H groups in total. The minimum absolute atomic E-state index is 0.272. The molecular weight excluding hydrogens is 380 g/mol. The first kappa shape index (κ1) is 18.2. The number of carbonyl (C=O) groups is 1. The average Bonchev–Trinajstić information content (AvgIpc) is 2.50. The van der Waals surface area contributed by atoms with Crippen LogP contribution in [0.1, 0.15) is 23.7 Å². The van der Waals surface area contributed by atoms with E-state index in [1.807, 2.05) is 6.92 Å². The van der Waals surface area contributed by atoms with E-state index in [-0.39, 0.29) is 10.0 Å². The second kappa shape index (κ2) is 8.11. The summed E-state index contributed by atoms with van der Waals surface area (Å²) >= 11 is 24.2. The smallest absolute Gasteiger partial charge is 0.255 e. The summed E-state index contributed by atoms with van der Waals surface area (Å²) < 4.78 is 5.47. The highest BCUT2D eigenvalue weighted by atomic mass is 35.5. The Morgan fingerprint density at radius 1 is 1.04 bits per heavy atom. The average molecular weight is 393 g/mol. The molecular formula is C16H13Cl4NO2. The molecule has 0 radical (unpaired) electrons. The van der Waals surface area contributed by atoms with Gasteiger partial charge in [-0.3, -0.25) is 4.79 Å². The van der Waals surface area contributed by atoms with Crippen LogP contribution in [0.25, 0.3) is 0 Å². The molecule has 2 aromatic rings. The Bertz CT molecular complexity index is 711. The molecule has 0 atom stereocenters. The topological polar surface area (TPSA) is 38.3 Å². The van der Waals surface area contributed by atoms with Crippen LogP contribution in [0.3, 0.4) is 0 Å². The summed E-state index contributed by atoms with van der Waals surface area (Å²) in [6.45, 7) is 2.46. The van der Waals surface area contributed by atoms with Crippen LogP contribution in [-0.2, 0) is 0 Å². The monoisotopic (exact) mass is 391 g/mol. The van der Waals surface area contributed by atoms with Gasteiger partial charge in [0.05, 0.1) is 27.4 Å². The van der Waals surface area contributed by atoms with Gasteiger partial charge in [0.25, 0.3) is 5.91 Å². The maximum absolute atomic E-state index is 12.3. The predicted octanol–water partition coefficient (Wildman–Crippen LogP) is 6.34. The summed E-state index contributed by atoms with van der Waals surface area (Å²) in [5.74, 6) is -0.0347. The van der Waals surface area contributed by atoms with Crippen LogP contribution in [0.5, 0.6) is 5.75 Å². The second-order valence-electron chi connectivity index (χ2n) is 4.70. The molecule has 0 aliphatic carbocycles. The van der Waals surface area contributed by atoms with Crippen LogP contribution in [0.2, 0.25) is 20.1 Å². The Morgan fingerprint density at radius 2 is 1.70 bits per heavy atom. The molecule has 23 heavy (non-hydrogen) atoms. The molecule has 0 heterocycles. The van der Waals surface area contributed by atoms with Gasteiger partial charge in [-0.2, -0.15) is 0 Å². The summed E-state index contributed by atoms with van der Waals surface area (Å²) in [6, 6.07) is 7.77. The third kappa shape index (κ3) is 4.67. The molecule has 0 aromatic heterocycles. The van der Waals surface area contributed by atoms with E-state index < -0.39 is 5.91 Å². The Kier molecular flexibility index (Phi) is 6.42. The Hall–Kier alpha value is -1.13. The zero-order chi connectivity index (χ0) is 17.0. The van der Waals surface area contributed by atoms with Crippen LogP contribution in [0, 0.1) is 0 Å². The van der Waals surface area contributed by atoms with Gasteiger partial charge in [0, 0.05) is 10.6 Å². The lowest BCUT2D eigenvalue weighted by Crippen LogP contribution is -2.12. The lowest BCUT2D eigenvalue weighted by Gasteiger charge is -2.12. The van der Waals surface area contributed by atoms with Gasteiger partial charge in [0.1, 0.15) is 0 Å². The fourth-order valence-electron chi connectivity index (χ4n) is 1.82. The summed E-state index contributed by atoms with van der Waals surface area (Å²) in [6.07, 6.45) is 0.822. The number of halogens is 4. The molecule has 0 aliphatic heterocycles. The highest BCUT2D eigenvalue weighted by molar-refractivity contribution is 6.38. The van der Waals surface area contributed by atoms with Crippen LogP contribution in [-0.4, -0.2) is 12.5 Å². The maximum atomic E-state index is 12.3. The molecule has 122 valence electrons. The number of benzene rings is 2. The van der Waals surface area contributed by atoms with E-state index in [2.05, 4.69) is 5.32 Å².